The van der Waals surface area contributed by atoms with E-state index in [0.29, 0.717) is 0 Å². The molecule has 0 saturated heterocycles. The Hall–Kier alpha value is 0.444. The molecule has 1 rings (SSSR count). The zero-order valence-electron chi connectivity index (χ0n) is 9.03. The van der Waals surface area contributed by atoms with Crippen LogP contribution in [-0.2, 0) is 0 Å². The summed E-state index contributed by atoms with van der Waals surface area (Å²) in [5.41, 5.74) is 0. The number of halogens is 2. The standard InChI is InChI=1S/C6HB9F2/c7-1-2(8,9)4(12,13)6(16,17)5(14,15)3(1,10)11/h1H. The van der Waals surface area contributed by atoms with Gasteiger partial charge in [0, 0.05) is 0 Å². The molecule has 0 nitrogen and oxygen atoms in total. The lowest BCUT2D eigenvalue weighted by Gasteiger charge is -2.71. The lowest BCUT2D eigenvalue weighted by atomic mass is 9.07. The predicted molar refractivity (Wildman–Crippen MR) is 71.3 cm³/mol. The summed E-state index contributed by atoms with van der Waals surface area (Å²) in [7, 11) is 48.2. The van der Waals surface area contributed by atoms with Crippen molar-refractivity contribution in [1.82, 2.24) is 0 Å². The average Bonchev–Trinajstić information content (AvgIpc) is 2.13. The summed E-state index contributed by atoms with van der Waals surface area (Å²) in [4.78, 5) is 0. The van der Waals surface area contributed by atoms with Gasteiger partial charge in [-0.3, -0.25) is 0 Å². The number of hydrogen-bond acceptors (Lipinski definition) is 0. The van der Waals surface area contributed by atoms with Crippen LogP contribution >= 0.6 is 0 Å². The Balaban J connectivity index is 3.56. The highest BCUT2D eigenvalue weighted by molar-refractivity contribution is 6.64. The van der Waals surface area contributed by atoms with E-state index in [4.69, 9.17) is 70.6 Å². The fourth-order valence-corrected chi connectivity index (χ4v) is 1.80. The van der Waals surface area contributed by atoms with Crippen molar-refractivity contribution in [2.45, 2.75) is 32.6 Å². The summed E-state index contributed by atoms with van der Waals surface area (Å²) in [5, 5.41) is -10.9. The third-order valence-electron chi connectivity index (χ3n) is 3.50. The van der Waals surface area contributed by atoms with Crippen LogP contribution in [0, 0.1) is 0 Å². The van der Waals surface area contributed by atoms with E-state index in [0.717, 1.165) is 0 Å². The van der Waals surface area contributed by atoms with E-state index in [1.807, 2.05) is 0 Å². The third-order valence-corrected chi connectivity index (χ3v) is 3.50. The monoisotopic (exact) mass is 210 g/mol. The largest absolute Gasteiger partial charge is 0.227 e. The SMILES string of the molecule is [B]C1C([B])([B])C([B])([B])C(F)(F)C([B])([B])C1([B])[B]. The summed E-state index contributed by atoms with van der Waals surface area (Å²) in [6.45, 7) is 0. The van der Waals surface area contributed by atoms with Crippen LogP contribution in [0.15, 0.2) is 0 Å². The lowest BCUT2D eigenvalue weighted by Crippen LogP contribution is -2.65. The molecule has 0 aromatic rings. The molecule has 1 aliphatic rings. The van der Waals surface area contributed by atoms with Crippen LogP contribution in [0.5, 0.6) is 0 Å². The van der Waals surface area contributed by atoms with Gasteiger partial charge < -0.3 is 0 Å². The zero-order chi connectivity index (χ0) is 14.1. The Bertz CT molecular complexity index is 306. The van der Waals surface area contributed by atoms with Crippen LogP contribution in [0.2, 0.25) is 26.7 Å². The van der Waals surface area contributed by atoms with Gasteiger partial charge >= 0.3 is 0 Å². The lowest BCUT2D eigenvalue weighted by molar-refractivity contribution is -0.0685. The van der Waals surface area contributed by atoms with E-state index in [-0.39, 0.29) is 0 Å². The normalized spacial score (nSPS) is 32.8. The van der Waals surface area contributed by atoms with Crippen molar-refractivity contribution < 1.29 is 8.78 Å². The fraction of sp³-hybridized carbons (Fsp3) is 1.00. The van der Waals surface area contributed by atoms with Crippen LogP contribution in [0.1, 0.15) is 0 Å². The molecule has 11 heteroatoms. The maximum absolute atomic E-state index is 14.0. The van der Waals surface area contributed by atoms with Crippen molar-refractivity contribution in [3.05, 3.63) is 0 Å². The molecule has 0 N–H and O–H groups in total. The average molecular weight is 208 g/mol. The maximum atomic E-state index is 14.0. The van der Waals surface area contributed by atoms with Gasteiger partial charge in [0.25, 0.3) is 0 Å². The van der Waals surface area contributed by atoms with E-state index in [1.165, 1.54) is 0 Å². The molecule has 1 saturated carbocycles. The first-order chi connectivity index (χ1) is 7.15. The summed E-state index contributed by atoms with van der Waals surface area (Å²) >= 11 is 0. The molecule has 0 bridgehead atoms. The van der Waals surface area contributed by atoms with Crippen molar-refractivity contribution >= 4 is 70.6 Å². The molecule has 1 fully saturated rings. The molecule has 1 aliphatic carbocycles. The Morgan fingerprint density at radius 1 is 0.647 bits per heavy atom. The van der Waals surface area contributed by atoms with Gasteiger partial charge in [0.2, 0.25) is 5.92 Å². The summed E-state index contributed by atoms with van der Waals surface area (Å²) in [6, 6.07) is 0. The van der Waals surface area contributed by atoms with Crippen LogP contribution in [0.4, 0.5) is 8.78 Å². The molecule has 0 unspecified atom stereocenters. The van der Waals surface area contributed by atoms with E-state index >= 15 is 0 Å². The molecule has 66 valence electrons. The van der Waals surface area contributed by atoms with Gasteiger partial charge in [-0.2, -0.15) is 0 Å². The highest BCUT2D eigenvalue weighted by Crippen LogP contribution is 2.78. The molecular formula is C6HB9F2. The molecule has 0 aromatic carbocycles. The van der Waals surface area contributed by atoms with Gasteiger partial charge in [0.05, 0.1) is 70.6 Å². The van der Waals surface area contributed by atoms with E-state index in [9.17, 15) is 8.78 Å². The number of hydrogen-bond donors (Lipinski definition) is 0. The van der Waals surface area contributed by atoms with Crippen molar-refractivity contribution in [2.75, 3.05) is 0 Å². The highest BCUT2D eigenvalue weighted by Gasteiger charge is 2.69. The quantitative estimate of drug-likeness (QED) is 0.421. The van der Waals surface area contributed by atoms with E-state index < -0.39 is 32.6 Å². The van der Waals surface area contributed by atoms with Gasteiger partial charge in [-0.25, -0.2) is 8.78 Å². The summed E-state index contributed by atoms with van der Waals surface area (Å²) in [5.74, 6) is -5.80. The maximum Gasteiger partial charge on any atom is 0.227 e. The second kappa shape index (κ2) is 3.51. The smallest absolute Gasteiger partial charge is 0.209 e. The molecule has 0 spiro atoms. The van der Waals surface area contributed by atoms with Gasteiger partial charge in [0.1, 0.15) is 0 Å². The Morgan fingerprint density at radius 2 is 0.882 bits per heavy atom. The van der Waals surface area contributed by atoms with Crippen molar-refractivity contribution in [3.63, 3.8) is 0 Å². The Morgan fingerprint density at radius 3 is 1.12 bits per heavy atom. The minimum absolute atomic E-state index is 1.65. The van der Waals surface area contributed by atoms with Crippen molar-refractivity contribution in [3.8, 4) is 0 Å². The molecule has 0 heterocycles. The summed E-state index contributed by atoms with van der Waals surface area (Å²) in [6.07, 6.45) is 0. The molecular weight excluding hydrogens is 207 g/mol. The second-order valence-electron chi connectivity index (χ2n) is 4.66. The third kappa shape index (κ3) is 1.46. The van der Waals surface area contributed by atoms with Crippen LogP contribution in [-0.4, -0.2) is 76.5 Å². The topological polar surface area (TPSA) is 0 Å². The zero-order valence-corrected chi connectivity index (χ0v) is 9.03. The first-order valence-electron chi connectivity index (χ1n) is 4.60. The van der Waals surface area contributed by atoms with Crippen molar-refractivity contribution in [2.24, 2.45) is 0 Å². The van der Waals surface area contributed by atoms with Gasteiger partial charge in [-0.05, 0) is 10.4 Å². The first kappa shape index (κ1) is 15.5. The first-order valence-corrected chi connectivity index (χ1v) is 4.60. The molecule has 0 aromatic heterocycles. The molecule has 0 aliphatic heterocycles. The predicted octanol–water partition coefficient (Wildman–Crippen LogP) is -1.59. The number of rotatable bonds is 0. The van der Waals surface area contributed by atoms with Crippen LogP contribution in [0.3, 0.4) is 0 Å². The van der Waals surface area contributed by atoms with E-state index in [2.05, 4.69) is 0 Å². The minimum Gasteiger partial charge on any atom is -0.209 e. The highest BCUT2D eigenvalue weighted by atomic mass is 19.3. The minimum atomic E-state index is -4.15. The number of alkyl halides is 2. The van der Waals surface area contributed by atoms with Crippen molar-refractivity contribution in [1.29, 1.82) is 0 Å². The molecule has 0 atom stereocenters. The Kier molecular flexibility index (Phi) is 3.20. The summed E-state index contributed by atoms with van der Waals surface area (Å²) < 4.78 is 28.1. The van der Waals surface area contributed by atoms with E-state index in [1.54, 1.807) is 0 Å². The molecule has 17 heavy (non-hydrogen) atoms. The molecule has 0 amide bonds. The van der Waals surface area contributed by atoms with Crippen LogP contribution < -0.4 is 0 Å². The molecule has 18 radical (unpaired) electrons. The van der Waals surface area contributed by atoms with Gasteiger partial charge in [-0.1, -0.05) is 5.82 Å². The van der Waals surface area contributed by atoms with Crippen LogP contribution in [0.25, 0.3) is 0 Å². The van der Waals surface area contributed by atoms with Gasteiger partial charge in [0.15, 0.2) is 0 Å². The Labute approximate surface area is 112 Å². The van der Waals surface area contributed by atoms with Gasteiger partial charge in [-0.15, -0.1) is 10.4 Å². The second-order valence-corrected chi connectivity index (χ2v) is 4.66. The fourth-order valence-electron chi connectivity index (χ4n) is 1.80.